The molecule has 11 heteroatoms. The van der Waals surface area contributed by atoms with Crippen molar-refractivity contribution in [1.29, 1.82) is 0 Å². The number of benzene rings is 3. The number of halogens is 9. The Morgan fingerprint density at radius 1 is 0.757 bits per heavy atom. The summed E-state index contributed by atoms with van der Waals surface area (Å²) in [4.78, 5) is 0. The average Bonchev–Trinajstić information content (AvgIpc) is 2.76. The van der Waals surface area contributed by atoms with E-state index in [2.05, 4.69) is 4.74 Å². The van der Waals surface area contributed by atoms with E-state index >= 15 is 0 Å². The molecular weight excluding hydrogens is 515 g/mol. The van der Waals surface area contributed by atoms with Crippen LogP contribution in [0.15, 0.2) is 36.4 Å². The molecule has 0 aromatic heterocycles. The molecule has 0 aliphatic carbocycles. The molecule has 3 aromatic rings. The lowest BCUT2D eigenvalue weighted by molar-refractivity contribution is -0.189. The smallest absolute Gasteiger partial charge is 0.429 e. The second kappa shape index (κ2) is 11.5. The number of rotatable bonds is 10. The van der Waals surface area contributed by atoms with Crippen LogP contribution >= 0.6 is 0 Å². The molecule has 0 N–H and O–H groups in total. The van der Waals surface area contributed by atoms with Crippen molar-refractivity contribution < 1.29 is 49.0 Å². The Bertz CT molecular complexity index is 1210. The van der Waals surface area contributed by atoms with Gasteiger partial charge in [0.05, 0.1) is 12.2 Å². The first-order chi connectivity index (χ1) is 17.3. The third kappa shape index (κ3) is 6.57. The van der Waals surface area contributed by atoms with Gasteiger partial charge in [-0.05, 0) is 47.7 Å². The second-order valence-corrected chi connectivity index (χ2v) is 8.48. The van der Waals surface area contributed by atoms with E-state index in [1.165, 1.54) is 0 Å². The van der Waals surface area contributed by atoms with Crippen LogP contribution in [0.5, 0.6) is 5.75 Å². The first-order valence-corrected chi connectivity index (χ1v) is 11.1. The molecule has 0 aliphatic rings. The normalized spacial score (nSPS) is 12.6. The highest BCUT2D eigenvalue weighted by Crippen LogP contribution is 2.38. The van der Waals surface area contributed by atoms with E-state index in [1.54, 1.807) is 0 Å². The van der Waals surface area contributed by atoms with Gasteiger partial charge in [0.2, 0.25) is 0 Å². The van der Waals surface area contributed by atoms with Gasteiger partial charge in [0.25, 0.3) is 0 Å². The van der Waals surface area contributed by atoms with Crippen LogP contribution in [-0.2, 0) is 17.5 Å². The monoisotopic (exact) mass is 536 g/mol. The summed E-state index contributed by atoms with van der Waals surface area (Å²) in [6.45, 7) is 4.17. The molecule has 0 spiro atoms. The SMILES string of the molecule is CCCC(C)COCc1cc(F)c(-c2cc(F)c(C(F)(F)Oc3cc(F)c(F)c(F)c3)c(F)c2)c(F)c1. The number of alkyl halides is 2. The van der Waals surface area contributed by atoms with E-state index < -0.39 is 69.3 Å². The molecule has 2 nitrogen and oxygen atoms in total. The Morgan fingerprint density at radius 3 is 1.81 bits per heavy atom. The maximum atomic E-state index is 14.7. The molecule has 0 aliphatic heterocycles. The highest BCUT2D eigenvalue weighted by molar-refractivity contribution is 5.66. The minimum Gasteiger partial charge on any atom is -0.429 e. The molecule has 0 amide bonds. The Labute approximate surface area is 206 Å². The van der Waals surface area contributed by atoms with Gasteiger partial charge in [0.1, 0.15) is 34.6 Å². The highest BCUT2D eigenvalue weighted by atomic mass is 19.3. The molecule has 1 unspecified atom stereocenters. The van der Waals surface area contributed by atoms with Crippen LogP contribution in [0.2, 0.25) is 0 Å². The summed E-state index contributed by atoms with van der Waals surface area (Å²) < 4.78 is 137. The van der Waals surface area contributed by atoms with Crippen LogP contribution in [0, 0.1) is 46.6 Å². The first kappa shape index (κ1) is 28.4. The van der Waals surface area contributed by atoms with Gasteiger partial charge in [0, 0.05) is 18.7 Å². The summed E-state index contributed by atoms with van der Waals surface area (Å²) in [6, 6.07) is 2.40. The van der Waals surface area contributed by atoms with Gasteiger partial charge >= 0.3 is 6.11 Å². The standard InChI is InChI=1S/C26H21F9O2/c1-3-4-13(2)11-36-12-14-5-17(27)23(18(28)6-14)15-7-19(29)24(20(30)8-15)26(34,35)37-16-9-21(31)25(33)22(32)10-16/h5-10,13H,3-4,11-12H2,1-2H3. The molecule has 3 rings (SSSR count). The van der Waals surface area contributed by atoms with E-state index in [1.807, 2.05) is 13.8 Å². The maximum Gasteiger partial charge on any atom is 0.432 e. The van der Waals surface area contributed by atoms with Crippen molar-refractivity contribution in [1.82, 2.24) is 0 Å². The van der Waals surface area contributed by atoms with E-state index in [-0.39, 0.29) is 42.4 Å². The molecular formula is C26H21F9O2. The van der Waals surface area contributed by atoms with Crippen LogP contribution in [0.25, 0.3) is 11.1 Å². The fourth-order valence-corrected chi connectivity index (χ4v) is 3.72. The minimum absolute atomic E-state index is 0.0526. The van der Waals surface area contributed by atoms with Crippen molar-refractivity contribution in [3.8, 4) is 16.9 Å². The van der Waals surface area contributed by atoms with Crippen molar-refractivity contribution in [2.45, 2.75) is 39.4 Å². The molecule has 1 atom stereocenters. The third-order valence-electron chi connectivity index (χ3n) is 5.38. The summed E-state index contributed by atoms with van der Waals surface area (Å²) >= 11 is 0. The van der Waals surface area contributed by atoms with Gasteiger partial charge < -0.3 is 9.47 Å². The predicted octanol–water partition coefficient (Wildman–Crippen LogP) is 8.41. The molecule has 0 heterocycles. The molecule has 0 radical (unpaired) electrons. The van der Waals surface area contributed by atoms with E-state index in [0.717, 1.165) is 25.0 Å². The van der Waals surface area contributed by atoms with E-state index in [4.69, 9.17) is 4.74 Å². The summed E-state index contributed by atoms with van der Waals surface area (Å²) in [5, 5.41) is 0. The van der Waals surface area contributed by atoms with Gasteiger partial charge in [-0.3, -0.25) is 0 Å². The largest absolute Gasteiger partial charge is 0.432 e. The highest BCUT2D eigenvalue weighted by Gasteiger charge is 2.41. The Balaban J connectivity index is 1.87. The number of hydrogen-bond donors (Lipinski definition) is 0. The molecule has 0 bridgehead atoms. The van der Waals surface area contributed by atoms with Gasteiger partial charge in [-0.2, -0.15) is 8.78 Å². The van der Waals surface area contributed by atoms with Gasteiger partial charge in [-0.15, -0.1) is 0 Å². The third-order valence-corrected chi connectivity index (χ3v) is 5.38. The zero-order valence-corrected chi connectivity index (χ0v) is 19.6. The lowest BCUT2D eigenvalue weighted by Gasteiger charge is -2.20. The lowest BCUT2D eigenvalue weighted by atomic mass is 9.99. The maximum absolute atomic E-state index is 14.7. The Kier molecular flexibility index (Phi) is 8.78. The molecule has 200 valence electrons. The quantitative estimate of drug-likeness (QED) is 0.191. The first-order valence-electron chi connectivity index (χ1n) is 11.1. The minimum atomic E-state index is -4.84. The summed E-state index contributed by atoms with van der Waals surface area (Å²) in [6.07, 6.45) is -3.00. The molecule has 0 saturated carbocycles. The predicted molar refractivity (Wildman–Crippen MR) is 116 cm³/mol. The van der Waals surface area contributed by atoms with Crippen molar-refractivity contribution >= 4 is 0 Å². The van der Waals surface area contributed by atoms with Crippen LogP contribution in [0.4, 0.5) is 39.5 Å². The van der Waals surface area contributed by atoms with Crippen LogP contribution < -0.4 is 4.74 Å². The molecule has 0 saturated heterocycles. The molecule has 3 aromatic carbocycles. The Morgan fingerprint density at radius 2 is 1.30 bits per heavy atom. The van der Waals surface area contributed by atoms with Crippen LogP contribution in [0.1, 0.15) is 37.8 Å². The number of hydrogen-bond acceptors (Lipinski definition) is 2. The van der Waals surface area contributed by atoms with Crippen molar-refractivity contribution in [2.24, 2.45) is 5.92 Å². The summed E-state index contributed by atoms with van der Waals surface area (Å²) in [5.74, 6) is -13.1. The zero-order chi connectivity index (χ0) is 27.5. The lowest BCUT2D eigenvalue weighted by Crippen LogP contribution is -2.25. The molecule has 37 heavy (non-hydrogen) atoms. The fourth-order valence-electron chi connectivity index (χ4n) is 3.72. The summed E-state index contributed by atoms with van der Waals surface area (Å²) in [7, 11) is 0. The topological polar surface area (TPSA) is 18.5 Å². The summed E-state index contributed by atoms with van der Waals surface area (Å²) in [5.41, 5.74) is -3.49. The van der Waals surface area contributed by atoms with Crippen molar-refractivity contribution in [3.63, 3.8) is 0 Å². The van der Waals surface area contributed by atoms with Crippen LogP contribution in [-0.4, -0.2) is 6.61 Å². The number of ether oxygens (including phenoxy) is 2. The van der Waals surface area contributed by atoms with Crippen molar-refractivity contribution in [2.75, 3.05) is 6.61 Å². The Hall–Kier alpha value is -3.21. The van der Waals surface area contributed by atoms with E-state index in [0.29, 0.717) is 6.61 Å². The van der Waals surface area contributed by atoms with Gasteiger partial charge in [0.15, 0.2) is 17.5 Å². The van der Waals surface area contributed by atoms with Gasteiger partial charge in [-0.25, -0.2) is 30.7 Å². The fraction of sp³-hybridized carbons (Fsp3) is 0.308. The van der Waals surface area contributed by atoms with Crippen molar-refractivity contribution in [3.05, 3.63) is 88.2 Å². The van der Waals surface area contributed by atoms with Gasteiger partial charge in [-0.1, -0.05) is 20.3 Å². The average molecular weight is 536 g/mol. The molecule has 0 fully saturated rings. The van der Waals surface area contributed by atoms with Crippen LogP contribution in [0.3, 0.4) is 0 Å². The second-order valence-electron chi connectivity index (χ2n) is 8.48. The van der Waals surface area contributed by atoms with E-state index in [9.17, 15) is 39.5 Å². The zero-order valence-electron chi connectivity index (χ0n) is 19.6.